The van der Waals surface area contributed by atoms with Crippen molar-refractivity contribution in [3.05, 3.63) is 0 Å². The number of aliphatic hydroxyl groups is 1. The van der Waals surface area contributed by atoms with Gasteiger partial charge >= 0.3 is 0 Å². The van der Waals surface area contributed by atoms with Crippen molar-refractivity contribution in [2.24, 2.45) is 0 Å². The highest BCUT2D eigenvalue weighted by atomic mass is 16.5. The highest BCUT2D eigenvalue weighted by Gasteiger charge is 2.37. The summed E-state index contributed by atoms with van der Waals surface area (Å²) in [5.74, 6) is 0. The summed E-state index contributed by atoms with van der Waals surface area (Å²) >= 11 is 0. The van der Waals surface area contributed by atoms with Gasteiger partial charge in [0.05, 0.1) is 6.10 Å². The Bertz CT molecular complexity index is 186. The van der Waals surface area contributed by atoms with E-state index in [-0.39, 0.29) is 17.7 Å². The average Bonchev–Trinajstić information content (AvgIpc) is 1.98. The molecule has 1 heterocycles. The van der Waals surface area contributed by atoms with Crippen molar-refractivity contribution >= 4 is 0 Å². The van der Waals surface area contributed by atoms with E-state index < -0.39 is 0 Å². The average molecular weight is 215 g/mol. The topological polar surface area (TPSA) is 41.5 Å². The van der Waals surface area contributed by atoms with E-state index in [4.69, 9.17) is 9.84 Å². The number of hydrogen-bond acceptors (Lipinski definition) is 3. The maximum atomic E-state index is 8.71. The molecule has 0 spiro atoms. The Morgan fingerprint density at radius 3 is 2.20 bits per heavy atom. The number of hydrogen-bond donors (Lipinski definition) is 2. The molecule has 0 aliphatic carbocycles. The normalized spacial score (nSPS) is 25.4. The smallest absolute Gasteiger partial charge is 0.0609 e. The van der Waals surface area contributed by atoms with Crippen molar-refractivity contribution in [2.45, 2.75) is 64.1 Å². The third kappa shape index (κ3) is 4.49. The van der Waals surface area contributed by atoms with Gasteiger partial charge in [0.2, 0.25) is 0 Å². The number of piperidine rings is 1. The van der Waals surface area contributed by atoms with Gasteiger partial charge in [-0.1, -0.05) is 0 Å². The van der Waals surface area contributed by atoms with E-state index in [0.29, 0.717) is 12.7 Å². The van der Waals surface area contributed by atoms with Crippen LogP contribution in [0.5, 0.6) is 0 Å². The van der Waals surface area contributed by atoms with Crippen molar-refractivity contribution < 1.29 is 9.84 Å². The Labute approximate surface area is 93.2 Å². The molecule has 3 heteroatoms. The first-order valence-electron chi connectivity index (χ1n) is 5.86. The predicted octanol–water partition coefficient (Wildman–Crippen LogP) is 1.69. The Hall–Kier alpha value is -0.120. The van der Waals surface area contributed by atoms with E-state index in [1.165, 1.54) is 0 Å². The van der Waals surface area contributed by atoms with E-state index in [2.05, 4.69) is 33.0 Å². The lowest BCUT2D eigenvalue weighted by atomic mass is 9.81. The van der Waals surface area contributed by atoms with Gasteiger partial charge in [0, 0.05) is 24.3 Å². The summed E-state index contributed by atoms with van der Waals surface area (Å²) in [6, 6.07) is 0. The minimum Gasteiger partial charge on any atom is -0.396 e. The van der Waals surface area contributed by atoms with E-state index in [1.54, 1.807) is 0 Å². The maximum absolute atomic E-state index is 8.71. The fourth-order valence-electron chi connectivity index (χ4n) is 2.66. The van der Waals surface area contributed by atoms with Crippen LogP contribution in [0.1, 0.15) is 47.0 Å². The van der Waals surface area contributed by atoms with Crippen LogP contribution in [0.2, 0.25) is 0 Å². The molecule has 1 saturated heterocycles. The van der Waals surface area contributed by atoms with Gasteiger partial charge in [-0.25, -0.2) is 0 Å². The summed E-state index contributed by atoms with van der Waals surface area (Å²) in [7, 11) is 0. The van der Waals surface area contributed by atoms with Crippen LogP contribution in [0.3, 0.4) is 0 Å². The molecule has 1 rings (SSSR count). The molecule has 90 valence electrons. The first-order chi connectivity index (χ1) is 6.85. The molecule has 0 atom stereocenters. The Balaban J connectivity index is 2.44. The quantitative estimate of drug-likeness (QED) is 0.701. The monoisotopic (exact) mass is 215 g/mol. The molecule has 15 heavy (non-hydrogen) atoms. The summed E-state index contributed by atoms with van der Waals surface area (Å²) in [5.41, 5.74) is 0.289. The Morgan fingerprint density at radius 2 is 1.73 bits per heavy atom. The third-order valence-electron chi connectivity index (χ3n) is 2.81. The lowest BCUT2D eigenvalue weighted by molar-refractivity contribution is -0.0253. The van der Waals surface area contributed by atoms with Crippen LogP contribution in [0.15, 0.2) is 0 Å². The molecule has 0 aromatic heterocycles. The summed E-state index contributed by atoms with van der Waals surface area (Å²) in [4.78, 5) is 0. The van der Waals surface area contributed by atoms with Gasteiger partial charge < -0.3 is 15.2 Å². The molecule has 1 aliphatic rings. The van der Waals surface area contributed by atoms with Gasteiger partial charge in [0.25, 0.3) is 0 Å². The summed E-state index contributed by atoms with van der Waals surface area (Å²) in [6.07, 6.45) is 3.15. The van der Waals surface area contributed by atoms with Crippen molar-refractivity contribution in [1.82, 2.24) is 5.32 Å². The highest BCUT2D eigenvalue weighted by Crippen LogP contribution is 2.30. The molecule has 0 radical (unpaired) electrons. The van der Waals surface area contributed by atoms with Crippen LogP contribution in [-0.2, 0) is 4.74 Å². The molecule has 1 aliphatic heterocycles. The van der Waals surface area contributed by atoms with Gasteiger partial charge in [-0.05, 0) is 47.0 Å². The second kappa shape index (κ2) is 4.81. The molecular weight excluding hydrogens is 190 g/mol. The number of nitrogens with one attached hydrogen (secondary N) is 1. The predicted molar refractivity (Wildman–Crippen MR) is 62.0 cm³/mol. The number of rotatable bonds is 4. The zero-order valence-corrected chi connectivity index (χ0v) is 10.5. The van der Waals surface area contributed by atoms with Crippen molar-refractivity contribution in [1.29, 1.82) is 0 Å². The van der Waals surface area contributed by atoms with E-state index in [0.717, 1.165) is 19.3 Å². The van der Waals surface area contributed by atoms with Gasteiger partial charge in [0.1, 0.15) is 0 Å². The Morgan fingerprint density at radius 1 is 1.20 bits per heavy atom. The number of ether oxygens (including phenoxy) is 1. The van der Waals surface area contributed by atoms with Crippen LogP contribution in [0, 0.1) is 0 Å². The van der Waals surface area contributed by atoms with E-state index >= 15 is 0 Å². The highest BCUT2D eigenvalue weighted by molar-refractivity contribution is 4.97. The fourth-order valence-corrected chi connectivity index (χ4v) is 2.66. The zero-order valence-electron chi connectivity index (χ0n) is 10.5. The molecule has 0 aromatic rings. The van der Waals surface area contributed by atoms with Gasteiger partial charge in [-0.3, -0.25) is 0 Å². The molecule has 0 unspecified atom stereocenters. The van der Waals surface area contributed by atoms with Gasteiger partial charge in [-0.2, -0.15) is 0 Å². The lowest BCUT2D eigenvalue weighted by Gasteiger charge is -2.46. The minimum atomic E-state index is 0.144. The van der Waals surface area contributed by atoms with Crippen LogP contribution >= 0.6 is 0 Å². The van der Waals surface area contributed by atoms with Crippen LogP contribution in [-0.4, -0.2) is 35.5 Å². The molecule has 0 aromatic carbocycles. The summed E-state index contributed by atoms with van der Waals surface area (Å²) < 4.78 is 5.79. The van der Waals surface area contributed by atoms with Crippen LogP contribution in [0.25, 0.3) is 0 Å². The first kappa shape index (κ1) is 12.9. The maximum Gasteiger partial charge on any atom is 0.0609 e. The fraction of sp³-hybridized carbons (Fsp3) is 1.00. The van der Waals surface area contributed by atoms with Crippen molar-refractivity contribution in [2.75, 3.05) is 13.2 Å². The SMILES string of the molecule is CC1(C)CC(OCCCO)CC(C)(C)N1. The van der Waals surface area contributed by atoms with Gasteiger partial charge in [-0.15, -0.1) is 0 Å². The van der Waals surface area contributed by atoms with Crippen LogP contribution < -0.4 is 5.32 Å². The van der Waals surface area contributed by atoms with E-state index in [1.807, 2.05) is 0 Å². The third-order valence-corrected chi connectivity index (χ3v) is 2.81. The van der Waals surface area contributed by atoms with Crippen LogP contribution in [0.4, 0.5) is 0 Å². The second-order valence-electron chi connectivity index (χ2n) is 5.87. The molecule has 0 amide bonds. The lowest BCUT2D eigenvalue weighted by Crippen LogP contribution is -2.59. The molecule has 3 nitrogen and oxygen atoms in total. The standard InChI is InChI=1S/C12H25NO2/c1-11(2)8-10(15-7-5-6-14)9-12(3,4)13-11/h10,13-14H,5-9H2,1-4H3. The largest absolute Gasteiger partial charge is 0.396 e. The van der Waals surface area contributed by atoms with E-state index in [9.17, 15) is 0 Å². The van der Waals surface area contributed by atoms with Crippen molar-refractivity contribution in [3.63, 3.8) is 0 Å². The second-order valence-corrected chi connectivity index (χ2v) is 5.87. The molecule has 0 saturated carbocycles. The van der Waals surface area contributed by atoms with Crippen molar-refractivity contribution in [3.8, 4) is 0 Å². The molecule has 2 N–H and O–H groups in total. The summed E-state index contributed by atoms with van der Waals surface area (Å²) in [5, 5.41) is 12.3. The Kier molecular flexibility index (Phi) is 4.15. The zero-order chi connectivity index (χ0) is 11.5. The molecule has 0 bridgehead atoms. The molecular formula is C12H25NO2. The number of aliphatic hydroxyl groups excluding tert-OH is 1. The summed E-state index contributed by atoms with van der Waals surface area (Å²) in [6.45, 7) is 9.77. The van der Waals surface area contributed by atoms with Gasteiger partial charge in [0.15, 0.2) is 0 Å². The minimum absolute atomic E-state index is 0.144. The molecule has 1 fully saturated rings. The first-order valence-corrected chi connectivity index (χ1v) is 5.86.